The molecule has 3 aromatic rings. The van der Waals surface area contributed by atoms with E-state index in [0.717, 1.165) is 25.9 Å². The molecule has 0 aliphatic rings. The van der Waals surface area contributed by atoms with Gasteiger partial charge in [-0.1, -0.05) is 0 Å². The molecule has 3 rings (SSSR count). The number of hydrogen-bond donors (Lipinski definition) is 2. The Morgan fingerprint density at radius 2 is 2.15 bits per heavy atom. The van der Waals surface area contributed by atoms with Gasteiger partial charge in [0.15, 0.2) is 0 Å². The van der Waals surface area contributed by atoms with E-state index in [1.807, 2.05) is 12.1 Å². The van der Waals surface area contributed by atoms with Crippen molar-refractivity contribution in [3.05, 3.63) is 55.8 Å². The fourth-order valence-electron chi connectivity index (χ4n) is 2.11. The van der Waals surface area contributed by atoms with Crippen LogP contribution in [0.15, 0.2) is 40.2 Å². The molecule has 0 radical (unpaired) electrons. The van der Waals surface area contributed by atoms with E-state index < -0.39 is 0 Å². The first kappa shape index (κ1) is 14.2. The van der Waals surface area contributed by atoms with Gasteiger partial charge in [0.05, 0.1) is 6.04 Å². The number of benzene rings is 1. The number of hydrazine groups is 1. The van der Waals surface area contributed by atoms with E-state index in [1.54, 1.807) is 28.7 Å². The monoisotopic (exact) mass is 370 g/mol. The predicted octanol–water partition coefficient (Wildman–Crippen LogP) is 4.61. The highest BCUT2D eigenvalue weighted by Crippen LogP contribution is 2.33. The van der Waals surface area contributed by atoms with Crippen molar-refractivity contribution in [1.82, 2.24) is 5.43 Å². The fourth-order valence-corrected chi connectivity index (χ4v) is 4.71. The van der Waals surface area contributed by atoms with Gasteiger partial charge in [0.2, 0.25) is 0 Å². The van der Waals surface area contributed by atoms with Crippen molar-refractivity contribution in [1.29, 1.82) is 0 Å². The molecule has 0 aliphatic heterocycles. The first-order valence-electron chi connectivity index (χ1n) is 6.04. The van der Waals surface area contributed by atoms with Crippen LogP contribution in [0.3, 0.4) is 0 Å². The predicted molar refractivity (Wildman–Crippen MR) is 87.6 cm³/mol. The summed E-state index contributed by atoms with van der Waals surface area (Å²) in [6.07, 6.45) is 0.821. The summed E-state index contributed by atoms with van der Waals surface area (Å²) < 4.78 is 15.4. The molecule has 0 saturated carbocycles. The first-order chi connectivity index (χ1) is 9.65. The van der Waals surface area contributed by atoms with Crippen LogP contribution in [-0.4, -0.2) is 0 Å². The van der Waals surface area contributed by atoms with Gasteiger partial charge in [0.1, 0.15) is 5.82 Å². The minimum Gasteiger partial charge on any atom is -0.271 e. The number of thiophene rings is 2. The van der Waals surface area contributed by atoms with E-state index in [9.17, 15) is 4.39 Å². The zero-order valence-electron chi connectivity index (χ0n) is 10.4. The molecule has 0 bridgehead atoms. The lowest BCUT2D eigenvalue weighted by atomic mass is 10.1. The van der Waals surface area contributed by atoms with Crippen molar-refractivity contribution in [3.63, 3.8) is 0 Å². The molecule has 1 aromatic carbocycles. The number of rotatable bonds is 4. The molecule has 1 unspecified atom stereocenters. The second-order valence-electron chi connectivity index (χ2n) is 4.49. The van der Waals surface area contributed by atoms with Crippen LogP contribution >= 0.6 is 38.6 Å². The summed E-state index contributed by atoms with van der Waals surface area (Å²) in [7, 11) is 0. The number of nitrogens with two attached hydrogens (primary N) is 1. The Bertz CT molecular complexity index is 738. The van der Waals surface area contributed by atoms with Crippen molar-refractivity contribution >= 4 is 48.7 Å². The second kappa shape index (κ2) is 5.91. The summed E-state index contributed by atoms with van der Waals surface area (Å²) in [5.74, 6) is 5.48. The molecule has 2 nitrogen and oxygen atoms in total. The molecule has 104 valence electrons. The maximum absolute atomic E-state index is 13.2. The number of hydrogen-bond acceptors (Lipinski definition) is 4. The largest absolute Gasteiger partial charge is 0.271 e. The summed E-state index contributed by atoms with van der Waals surface area (Å²) >= 11 is 6.80. The highest BCUT2D eigenvalue weighted by molar-refractivity contribution is 9.10. The Morgan fingerprint density at radius 3 is 2.85 bits per heavy atom. The van der Waals surface area contributed by atoms with E-state index >= 15 is 0 Å². The van der Waals surface area contributed by atoms with Crippen LogP contribution in [-0.2, 0) is 6.42 Å². The SMILES string of the molecule is NNC(Cc1cc(Br)cs1)c1cc2cc(F)ccc2s1. The Kier molecular flexibility index (Phi) is 4.18. The zero-order chi connectivity index (χ0) is 14.1. The van der Waals surface area contributed by atoms with Crippen molar-refractivity contribution in [2.75, 3.05) is 0 Å². The molecule has 0 saturated heterocycles. The molecule has 20 heavy (non-hydrogen) atoms. The van der Waals surface area contributed by atoms with Crippen LogP contribution < -0.4 is 11.3 Å². The van der Waals surface area contributed by atoms with E-state index in [4.69, 9.17) is 5.84 Å². The van der Waals surface area contributed by atoms with E-state index in [1.165, 1.54) is 10.9 Å². The van der Waals surface area contributed by atoms with Gasteiger partial charge in [-0.25, -0.2) is 4.39 Å². The van der Waals surface area contributed by atoms with Crippen LogP contribution in [0.25, 0.3) is 10.1 Å². The highest BCUT2D eigenvalue weighted by Gasteiger charge is 2.15. The lowest BCUT2D eigenvalue weighted by Crippen LogP contribution is -2.28. The molecular formula is C14H12BrFN2S2. The second-order valence-corrected chi connectivity index (χ2v) is 7.51. The summed E-state index contributed by atoms with van der Waals surface area (Å²) in [5.41, 5.74) is 2.86. The van der Waals surface area contributed by atoms with Crippen molar-refractivity contribution in [3.8, 4) is 0 Å². The normalized spacial score (nSPS) is 12.9. The van der Waals surface area contributed by atoms with Gasteiger partial charge in [0.25, 0.3) is 0 Å². The van der Waals surface area contributed by atoms with Crippen LogP contribution in [0.5, 0.6) is 0 Å². The Morgan fingerprint density at radius 1 is 1.30 bits per heavy atom. The minimum atomic E-state index is -0.207. The van der Waals surface area contributed by atoms with Gasteiger partial charge in [0, 0.05) is 30.7 Å². The van der Waals surface area contributed by atoms with E-state index in [2.05, 4.69) is 32.8 Å². The number of halogens is 2. The van der Waals surface area contributed by atoms with Gasteiger partial charge in [-0.05, 0) is 51.6 Å². The Balaban J connectivity index is 1.90. The van der Waals surface area contributed by atoms with Crippen LogP contribution in [0.4, 0.5) is 4.39 Å². The van der Waals surface area contributed by atoms with Crippen LogP contribution in [0, 0.1) is 5.82 Å². The molecule has 2 aromatic heterocycles. The molecule has 2 heterocycles. The lowest BCUT2D eigenvalue weighted by molar-refractivity contribution is 0.564. The number of fused-ring (bicyclic) bond motifs is 1. The summed E-state index contributed by atoms with van der Waals surface area (Å²) in [6.45, 7) is 0. The Labute approximate surface area is 132 Å². The minimum absolute atomic E-state index is 0.0426. The molecule has 0 aliphatic carbocycles. The lowest BCUT2D eigenvalue weighted by Gasteiger charge is -2.12. The molecule has 0 fully saturated rings. The molecule has 3 N–H and O–H groups in total. The molecule has 0 amide bonds. The van der Waals surface area contributed by atoms with Crippen LogP contribution in [0.2, 0.25) is 0 Å². The van der Waals surface area contributed by atoms with Gasteiger partial charge in [-0.2, -0.15) is 0 Å². The summed E-state index contributed by atoms with van der Waals surface area (Å²) in [5, 5.41) is 2.99. The topological polar surface area (TPSA) is 38.0 Å². The Hall–Kier alpha value is -0.790. The average molecular weight is 371 g/mol. The van der Waals surface area contributed by atoms with Gasteiger partial charge >= 0.3 is 0 Å². The maximum Gasteiger partial charge on any atom is 0.123 e. The molecule has 0 spiro atoms. The summed E-state index contributed by atoms with van der Waals surface area (Å²) in [4.78, 5) is 2.38. The van der Waals surface area contributed by atoms with E-state index in [-0.39, 0.29) is 11.9 Å². The van der Waals surface area contributed by atoms with E-state index in [0.29, 0.717) is 0 Å². The average Bonchev–Trinajstić information content (AvgIpc) is 3.01. The highest BCUT2D eigenvalue weighted by atomic mass is 79.9. The maximum atomic E-state index is 13.2. The van der Waals surface area contributed by atoms with Gasteiger partial charge in [-0.3, -0.25) is 11.3 Å². The zero-order valence-corrected chi connectivity index (χ0v) is 13.6. The molecule has 6 heteroatoms. The van der Waals surface area contributed by atoms with Crippen LogP contribution in [0.1, 0.15) is 15.8 Å². The number of nitrogens with one attached hydrogen (secondary N) is 1. The van der Waals surface area contributed by atoms with Crippen molar-refractivity contribution in [2.45, 2.75) is 12.5 Å². The van der Waals surface area contributed by atoms with Crippen molar-refractivity contribution < 1.29 is 4.39 Å². The van der Waals surface area contributed by atoms with Gasteiger partial charge < -0.3 is 0 Å². The molecular weight excluding hydrogens is 359 g/mol. The third-order valence-corrected chi connectivity index (χ3v) is 6.02. The smallest absolute Gasteiger partial charge is 0.123 e. The standard InChI is InChI=1S/C14H12BrFN2S2/c15-9-5-11(19-7-9)6-12(18-17)14-4-8-3-10(16)1-2-13(8)20-14/h1-5,7,12,18H,6,17H2. The fraction of sp³-hybridized carbons (Fsp3) is 0.143. The molecule has 1 atom stereocenters. The first-order valence-corrected chi connectivity index (χ1v) is 8.52. The quantitative estimate of drug-likeness (QED) is 0.519. The van der Waals surface area contributed by atoms with Gasteiger partial charge in [-0.15, -0.1) is 22.7 Å². The summed E-state index contributed by atoms with van der Waals surface area (Å²) in [6, 6.07) is 9.02. The third kappa shape index (κ3) is 2.94. The third-order valence-electron chi connectivity index (χ3n) is 3.07. The van der Waals surface area contributed by atoms with Crippen molar-refractivity contribution in [2.24, 2.45) is 5.84 Å².